The quantitative estimate of drug-likeness (QED) is 0.506. The fourth-order valence-electron chi connectivity index (χ4n) is 3.00. The predicted molar refractivity (Wildman–Crippen MR) is 116 cm³/mol. The molecule has 2 heterocycles. The summed E-state index contributed by atoms with van der Waals surface area (Å²) in [4.78, 5) is 23.2. The summed E-state index contributed by atoms with van der Waals surface area (Å²) < 4.78 is 0. The zero-order chi connectivity index (χ0) is 20.3. The summed E-state index contributed by atoms with van der Waals surface area (Å²) in [5.41, 5.74) is 2.56. The molecule has 1 aromatic carbocycles. The maximum absolute atomic E-state index is 11.4. The molecule has 0 fully saturated rings. The van der Waals surface area contributed by atoms with Gasteiger partial charge in [0.25, 0.3) is 0 Å². The second-order valence-corrected chi connectivity index (χ2v) is 7.89. The second kappa shape index (κ2) is 8.67. The van der Waals surface area contributed by atoms with Crippen molar-refractivity contribution in [3.05, 3.63) is 65.4 Å². The van der Waals surface area contributed by atoms with Crippen LogP contribution in [0.1, 0.15) is 19.4 Å². The lowest BCUT2D eigenvalue weighted by Gasteiger charge is -2.30. The van der Waals surface area contributed by atoms with Crippen LogP contribution in [0.5, 0.6) is 0 Å². The number of thioether (sulfide) groups is 1. The minimum Gasteiger partial charge on any atom is -0.465 e. The Bertz CT molecular complexity index is 901. The van der Waals surface area contributed by atoms with Gasteiger partial charge in [0, 0.05) is 18.4 Å². The van der Waals surface area contributed by atoms with Crippen molar-refractivity contribution in [1.29, 1.82) is 0 Å². The van der Waals surface area contributed by atoms with Crippen LogP contribution in [0.4, 0.5) is 16.3 Å². The van der Waals surface area contributed by atoms with Crippen LogP contribution < -0.4 is 9.80 Å². The third kappa shape index (κ3) is 4.15. The van der Waals surface area contributed by atoms with E-state index in [-0.39, 0.29) is 17.2 Å². The van der Waals surface area contributed by atoms with Gasteiger partial charge in [0.2, 0.25) is 5.28 Å². The molecule has 0 spiro atoms. The number of benzene rings is 1. The molecule has 3 rings (SSSR count). The van der Waals surface area contributed by atoms with Crippen LogP contribution in [0.15, 0.2) is 54.6 Å². The first kappa shape index (κ1) is 20.2. The number of amides is 1. The summed E-state index contributed by atoms with van der Waals surface area (Å²) in [6, 6.07) is 9.27. The van der Waals surface area contributed by atoms with Crippen molar-refractivity contribution in [3.63, 3.8) is 0 Å². The van der Waals surface area contributed by atoms with E-state index in [1.165, 1.54) is 4.90 Å². The predicted octanol–water partition coefficient (Wildman–Crippen LogP) is 5.33. The van der Waals surface area contributed by atoms with Crippen molar-refractivity contribution in [2.45, 2.75) is 19.2 Å². The molecule has 28 heavy (non-hydrogen) atoms. The van der Waals surface area contributed by atoms with Crippen LogP contribution in [0, 0.1) is 5.92 Å². The Labute approximate surface area is 173 Å². The maximum Gasteiger partial charge on any atom is 0.412 e. The van der Waals surface area contributed by atoms with E-state index in [0.717, 1.165) is 17.1 Å². The Morgan fingerprint density at radius 1 is 1.39 bits per heavy atom. The molecule has 1 aliphatic heterocycles. The van der Waals surface area contributed by atoms with Gasteiger partial charge < -0.3 is 10.0 Å². The van der Waals surface area contributed by atoms with Crippen LogP contribution in [0.3, 0.4) is 0 Å². The topological polar surface area (TPSA) is 69.6 Å². The molecule has 1 amide bonds. The Kier molecular flexibility index (Phi) is 6.26. The summed E-state index contributed by atoms with van der Waals surface area (Å²) in [6.45, 7) is 8.17. The number of carbonyl (C=O) groups is 1. The average molecular weight is 417 g/mol. The van der Waals surface area contributed by atoms with Crippen LogP contribution in [0.25, 0.3) is 5.70 Å². The second-order valence-electron chi connectivity index (χ2n) is 6.56. The summed E-state index contributed by atoms with van der Waals surface area (Å²) >= 11 is 7.74. The summed E-state index contributed by atoms with van der Waals surface area (Å²) in [5.74, 6) is 1.11. The molecule has 0 bridgehead atoms. The van der Waals surface area contributed by atoms with Crippen molar-refractivity contribution in [2.24, 2.45) is 5.92 Å². The lowest BCUT2D eigenvalue weighted by molar-refractivity contribution is 0.202. The Hall–Kier alpha value is -2.51. The third-order valence-corrected chi connectivity index (χ3v) is 5.85. The first-order valence-electron chi connectivity index (χ1n) is 8.77. The van der Waals surface area contributed by atoms with Gasteiger partial charge in [-0.3, -0.25) is 4.90 Å². The number of halogens is 1. The van der Waals surface area contributed by atoms with Gasteiger partial charge in [-0.05, 0) is 46.7 Å². The smallest absolute Gasteiger partial charge is 0.412 e. The van der Waals surface area contributed by atoms with E-state index in [4.69, 9.17) is 11.6 Å². The highest BCUT2D eigenvalue weighted by atomic mass is 35.5. The van der Waals surface area contributed by atoms with E-state index in [1.807, 2.05) is 18.2 Å². The zero-order valence-corrected chi connectivity index (χ0v) is 17.2. The van der Waals surface area contributed by atoms with E-state index in [1.54, 1.807) is 36.2 Å². The standard InChI is InChI=1S/C20H21ClN4O2S/c1-4-11-24(20(26)27)15-7-5-14(6-8-15)16-12-28-18(13(2)3)25(16)17-9-10-22-19(21)23-17/h4-10,12-13,18H,1,11H2,2-3H3,(H,26,27). The van der Waals surface area contributed by atoms with Crippen molar-refractivity contribution < 1.29 is 9.90 Å². The fraction of sp³-hybridized carbons (Fsp3) is 0.250. The van der Waals surface area contributed by atoms with Gasteiger partial charge in [0.15, 0.2) is 0 Å². The molecule has 0 aliphatic carbocycles. The van der Waals surface area contributed by atoms with Gasteiger partial charge in [-0.25, -0.2) is 14.8 Å². The molecule has 146 valence electrons. The fourth-order valence-corrected chi connectivity index (χ4v) is 4.32. The molecule has 0 saturated carbocycles. The van der Waals surface area contributed by atoms with E-state index in [0.29, 0.717) is 11.6 Å². The minimum absolute atomic E-state index is 0.178. The first-order valence-corrected chi connectivity index (χ1v) is 10.1. The minimum atomic E-state index is -1.01. The van der Waals surface area contributed by atoms with Crippen molar-refractivity contribution in [1.82, 2.24) is 9.97 Å². The SMILES string of the molecule is C=CCN(C(=O)O)c1ccc(C2=CSC(C(C)C)N2c2ccnc(Cl)n2)cc1. The van der Waals surface area contributed by atoms with Gasteiger partial charge in [-0.2, -0.15) is 0 Å². The number of anilines is 2. The molecule has 1 unspecified atom stereocenters. The number of hydrogen-bond donors (Lipinski definition) is 1. The molecular formula is C20H21ClN4O2S. The molecule has 6 nitrogen and oxygen atoms in total. The van der Waals surface area contributed by atoms with Crippen LogP contribution in [-0.2, 0) is 0 Å². The Balaban J connectivity index is 1.95. The Morgan fingerprint density at radius 2 is 2.11 bits per heavy atom. The first-order chi connectivity index (χ1) is 13.4. The number of rotatable bonds is 6. The molecule has 1 N–H and O–H groups in total. The molecule has 1 aromatic heterocycles. The van der Waals surface area contributed by atoms with Gasteiger partial charge in [0.1, 0.15) is 5.82 Å². The molecule has 0 saturated heterocycles. The number of hydrogen-bond acceptors (Lipinski definition) is 5. The number of carboxylic acid groups (broad SMARTS) is 1. The van der Waals surface area contributed by atoms with Crippen LogP contribution >= 0.6 is 23.4 Å². The van der Waals surface area contributed by atoms with Gasteiger partial charge in [-0.1, -0.05) is 32.1 Å². The highest BCUT2D eigenvalue weighted by Gasteiger charge is 2.32. The lowest BCUT2D eigenvalue weighted by Crippen LogP contribution is -2.32. The molecule has 2 aromatic rings. The average Bonchev–Trinajstić information content (AvgIpc) is 3.11. The van der Waals surface area contributed by atoms with E-state index >= 15 is 0 Å². The summed E-state index contributed by atoms with van der Waals surface area (Å²) in [7, 11) is 0. The molecular weight excluding hydrogens is 396 g/mol. The van der Waals surface area contributed by atoms with Crippen molar-refractivity contribution >= 4 is 46.7 Å². The maximum atomic E-state index is 11.4. The molecule has 0 radical (unpaired) electrons. The lowest BCUT2D eigenvalue weighted by atomic mass is 10.1. The number of aromatic nitrogens is 2. The van der Waals surface area contributed by atoms with Gasteiger partial charge in [-0.15, -0.1) is 18.3 Å². The normalized spacial score (nSPS) is 16.2. The van der Waals surface area contributed by atoms with Crippen LogP contribution in [0.2, 0.25) is 5.28 Å². The highest BCUT2D eigenvalue weighted by molar-refractivity contribution is 8.03. The van der Waals surface area contributed by atoms with Gasteiger partial charge in [0.05, 0.1) is 11.1 Å². The molecule has 1 atom stereocenters. The van der Waals surface area contributed by atoms with E-state index < -0.39 is 6.09 Å². The highest BCUT2D eigenvalue weighted by Crippen LogP contribution is 2.42. The van der Waals surface area contributed by atoms with Crippen molar-refractivity contribution in [3.8, 4) is 0 Å². The van der Waals surface area contributed by atoms with Crippen molar-refractivity contribution in [2.75, 3.05) is 16.3 Å². The summed E-state index contributed by atoms with van der Waals surface area (Å²) in [6.07, 6.45) is 2.19. The zero-order valence-electron chi connectivity index (χ0n) is 15.6. The summed E-state index contributed by atoms with van der Waals surface area (Å²) in [5, 5.41) is 11.9. The van der Waals surface area contributed by atoms with E-state index in [9.17, 15) is 9.90 Å². The molecule has 8 heteroatoms. The monoisotopic (exact) mass is 416 g/mol. The van der Waals surface area contributed by atoms with Crippen LogP contribution in [-0.4, -0.2) is 33.1 Å². The third-order valence-electron chi connectivity index (χ3n) is 4.28. The molecule has 1 aliphatic rings. The van der Waals surface area contributed by atoms with Gasteiger partial charge >= 0.3 is 6.09 Å². The van der Waals surface area contributed by atoms with E-state index in [2.05, 4.69) is 40.7 Å². The largest absolute Gasteiger partial charge is 0.465 e. The Morgan fingerprint density at radius 3 is 2.68 bits per heavy atom. The number of nitrogens with zero attached hydrogens (tertiary/aromatic N) is 4.